The molecule has 3 aromatic rings. The lowest BCUT2D eigenvalue weighted by atomic mass is 10.1. The van der Waals surface area contributed by atoms with Crippen molar-refractivity contribution in [3.05, 3.63) is 47.3 Å². The van der Waals surface area contributed by atoms with Crippen molar-refractivity contribution < 1.29 is 22.7 Å². The molecule has 0 fully saturated rings. The normalized spacial score (nSPS) is 11.6. The van der Waals surface area contributed by atoms with Gasteiger partial charge in [0.1, 0.15) is 12.3 Å². The number of alkyl halides is 3. The van der Waals surface area contributed by atoms with Gasteiger partial charge in [-0.1, -0.05) is 12.1 Å². The number of carbonyl (C=O) groups excluding carboxylic acids is 1. The number of halogens is 3. The monoisotopic (exact) mass is 378 g/mol. The van der Waals surface area contributed by atoms with E-state index in [4.69, 9.17) is 4.74 Å². The van der Waals surface area contributed by atoms with E-state index in [0.29, 0.717) is 11.4 Å². The van der Waals surface area contributed by atoms with Gasteiger partial charge in [-0.25, -0.2) is 9.67 Å². The minimum absolute atomic E-state index is 0.0231. The van der Waals surface area contributed by atoms with Gasteiger partial charge in [0.25, 0.3) is 0 Å². The molecule has 2 heterocycles. The number of rotatable bonds is 4. The molecule has 1 amide bonds. The molecule has 9 heteroatoms. The minimum Gasteiger partial charge on any atom is -0.495 e. The van der Waals surface area contributed by atoms with Gasteiger partial charge in [0.05, 0.1) is 29.4 Å². The van der Waals surface area contributed by atoms with E-state index in [1.54, 1.807) is 24.3 Å². The summed E-state index contributed by atoms with van der Waals surface area (Å²) >= 11 is 0. The number of fused-ring (bicyclic) bond motifs is 1. The molecule has 0 unspecified atom stereocenters. The van der Waals surface area contributed by atoms with Crippen LogP contribution in [0.4, 0.5) is 18.9 Å². The van der Waals surface area contributed by atoms with E-state index in [1.807, 2.05) is 0 Å². The summed E-state index contributed by atoms with van der Waals surface area (Å²) in [6.07, 6.45) is -4.54. The zero-order valence-corrected chi connectivity index (χ0v) is 14.9. The Morgan fingerprint density at radius 3 is 2.63 bits per heavy atom. The molecular formula is C18H17F3N4O2. The summed E-state index contributed by atoms with van der Waals surface area (Å²) < 4.78 is 46.4. The van der Waals surface area contributed by atoms with E-state index in [-0.39, 0.29) is 29.0 Å². The predicted molar refractivity (Wildman–Crippen MR) is 93.6 cm³/mol. The van der Waals surface area contributed by atoms with Crippen LogP contribution in [-0.2, 0) is 17.5 Å². The van der Waals surface area contributed by atoms with Gasteiger partial charge in [-0.3, -0.25) is 4.79 Å². The molecule has 0 aliphatic heterocycles. The maximum atomic E-state index is 13.4. The number of anilines is 1. The SMILES string of the molecule is COc1ccccc1NC(=O)Cn1nc(C)c2c(C(F)(F)F)cc(C)nc21. The Morgan fingerprint density at radius 2 is 1.96 bits per heavy atom. The Kier molecular flexibility index (Phi) is 4.77. The maximum absolute atomic E-state index is 13.4. The third-order valence-electron chi connectivity index (χ3n) is 3.99. The first-order valence-corrected chi connectivity index (χ1v) is 8.05. The average molecular weight is 378 g/mol. The zero-order valence-electron chi connectivity index (χ0n) is 14.9. The van der Waals surface area contributed by atoms with Gasteiger partial charge in [0.2, 0.25) is 5.91 Å². The lowest BCUT2D eigenvalue weighted by molar-refractivity contribution is -0.136. The number of aromatic nitrogens is 3. The van der Waals surface area contributed by atoms with Crippen LogP contribution in [0.25, 0.3) is 11.0 Å². The quantitative estimate of drug-likeness (QED) is 0.751. The fourth-order valence-electron chi connectivity index (χ4n) is 2.89. The molecule has 0 saturated carbocycles. The molecule has 0 atom stereocenters. The Labute approximate surface area is 153 Å². The van der Waals surface area contributed by atoms with Crippen LogP contribution in [0.15, 0.2) is 30.3 Å². The van der Waals surface area contributed by atoms with E-state index in [9.17, 15) is 18.0 Å². The fourth-order valence-corrected chi connectivity index (χ4v) is 2.89. The van der Waals surface area contributed by atoms with Crippen LogP contribution in [0.1, 0.15) is 17.0 Å². The molecule has 0 radical (unpaired) electrons. The van der Waals surface area contributed by atoms with Crippen molar-refractivity contribution in [2.45, 2.75) is 26.6 Å². The number of nitrogens with one attached hydrogen (secondary N) is 1. The van der Waals surface area contributed by atoms with Crippen molar-refractivity contribution in [2.75, 3.05) is 12.4 Å². The molecule has 3 rings (SSSR count). The van der Waals surface area contributed by atoms with E-state index in [2.05, 4.69) is 15.4 Å². The number of benzene rings is 1. The van der Waals surface area contributed by atoms with Crippen molar-refractivity contribution in [1.29, 1.82) is 0 Å². The molecule has 0 spiro atoms. The van der Waals surface area contributed by atoms with Crippen LogP contribution < -0.4 is 10.1 Å². The van der Waals surface area contributed by atoms with Crippen LogP contribution in [0.5, 0.6) is 5.75 Å². The van der Waals surface area contributed by atoms with Gasteiger partial charge in [0, 0.05) is 5.69 Å². The van der Waals surface area contributed by atoms with E-state index in [1.165, 1.54) is 25.6 Å². The molecule has 0 saturated heterocycles. The number of aryl methyl sites for hydroxylation is 2. The van der Waals surface area contributed by atoms with Crippen LogP contribution in [0.3, 0.4) is 0 Å². The highest BCUT2D eigenvalue weighted by Gasteiger charge is 2.35. The Morgan fingerprint density at radius 1 is 1.26 bits per heavy atom. The summed E-state index contributed by atoms with van der Waals surface area (Å²) in [5.74, 6) is 0.0152. The Balaban J connectivity index is 1.96. The molecule has 0 aliphatic carbocycles. The van der Waals surface area contributed by atoms with Gasteiger partial charge in [-0.15, -0.1) is 0 Å². The number of amides is 1. The number of carbonyl (C=O) groups is 1. The number of ether oxygens (including phenoxy) is 1. The average Bonchev–Trinajstić information content (AvgIpc) is 2.89. The van der Waals surface area contributed by atoms with Crippen LogP contribution in [0.2, 0.25) is 0 Å². The van der Waals surface area contributed by atoms with Crippen molar-refractivity contribution >= 4 is 22.6 Å². The van der Waals surface area contributed by atoms with E-state index in [0.717, 1.165) is 6.07 Å². The van der Waals surface area contributed by atoms with Crippen molar-refractivity contribution in [3.8, 4) is 5.75 Å². The van der Waals surface area contributed by atoms with Crippen molar-refractivity contribution in [1.82, 2.24) is 14.8 Å². The summed E-state index contributed by atoms with van der Waals surface area (Å²) in [7, 11) is 1.47. The Hall–Kier alpha value is -3.10. The fraction of sp³-hybridized carbons (Fsp3) is 0.278. The van der Waals surface area contributed by atoms with Crippen LogP contribution >= 0.6 is 0 Å². The molecule has 27 heavy (non-hydrogen) atoms. The second kappa shape index (κ2) is 6.90. The molecule has 142 valence electrons. The standard InChI is InChI=1S/C18H17F3N4O2/c1-10-8-12(18(19,20)21)16-11(2)24-25(17(16)22-10)9-15(26)23-13-6-4-5-7-14(13)27-3/h4-8H,9H2,1-3H3,(H,23,26). The smallest absolute Gasteiger partial charge is 0.417 e. The van der Waals surface area contributed by atoms with Crippen molar-refractivity contribution in [3.63, 3.8) is 0 Å². The highest BCUT2D eigenvalue weighted by molar-refractivity contribution is 5.93. The number of nitrogens with zero attached hydrogens (tertiary/aromatic N) is 3. The zero-order chi connectivity index (χ0) is 19.8. The van der Waals surface area contributed by atoms with Gasteiger partial charge in [-0.2, -0.15) is 18.3 Å². The minimum atomic E-state index is -4.54. The number of hydrogen-bond acceptors (Lipinski definition) is 4. The molecule has 2 aromatic heterocycles. The molecule has 0 aliphatic rings. The van der Waals surface area contributed by atoms with Gasteiger partial charge < -0.3 is 10.1 Å². The first-order chi connectivity index (χ1) is 12.7. The number of para-hydroxylation sites is 2. The topological polar surface area (TPSA) is 69.0 Å². The van der Waals surface area contributed by atoms with Crippen molar-refractivity contribution in [2.24, 2.45) is 0 Å². The van der Waals surface area contributed by atoms with E-state index >= 15 is 0 Å². The van der Waals surface area contributed by atoms with Crippen LogP contribution in [-0.4, -0.2) is 27.8 Å². The molecule has 6 nitrogen and oxygen atoms in total. The maximum Gasteiger partial charge on any atom is 0.417 e. The Bertz CT molecular complexity index is 1010. The lowest BCUT2D eigenvalue weighted by Gasteiger charge is -2.11. The third-order valence-corrected chi connectivity index (χ3v) is 3.99. The van der Waals surface area contributed by atoms with Gasteiger partial charge in [0.15, 0.2) is 5.65 Å². The number of methoxy groups -OCH3 is 1. The summed E-state index contributed by atoms with van der Waals surface area (Å²) in [6.45, 7) is 2.65. The molecule has 1 aromatic carbocycles. The summed E-state index contributed by atoms with van der Waals surface area (Å²) in [5.41, 5.74) is 0.0308. The summed E-state index contributed by atoms with van der Waals surface area (Å²) in [5, 5.41) is 6.66. The number of hydrogen-bond donors (Lipinski definition) is 1. The van der Waals surface area contributed by atoms with Gasteiger partial charge >= 0.3 is 6.18 Å². The van der Waals surface area contributed by atoms with Gasteiger partial charge in [-0.05, 0) is 32.0 Å². The first-order valence-electron chi connectivity index (χ1n) is 8.05. The molecule has 0 bridgehead atoms. The molecular weight excluding hydrogens is 361 g/mol. The second-order valence-electron chi connectivity index (χ2n) is 6.00. The molecule has 1 N–H and O–H groups in total. The van der Waals surface area contributed by atoms with E-state index < -0.39 is 17.6 Å². The second-order valence-corrected chi connectivity index (χ2v) is 6.00. The largest absolute Gasteiger partial charge is 0.495 e. The van der Waals surface area contributed by atoms with Crippen LogP contribution in [0, 0.1) is 13.8 Å². The number of pyridine rings is 1. The highest BCUT2D eigenvalue weighted by Crippen LogP contribution is 2.36. The summed E-state index contributed by atoms with van der Waals surface area (Å²) in [6, 6.07) is 7.81. The highest BCUT2D eigenvalue weighted by atomic mass is 19.4. The third kappa shape index (κ3) is 3.71. The summed E-state index contributed by atoms with van der Waals surface area (Å²) in [4.78, 5) is 16.6. The lowest BCUT2D eigenvalue weighted by Crippen LogP contribution is -2.20. The first kappa shape index (κ1) is 18.7. The predicted octanol–water partition coefficient (Wildman–Crippen LogP) is 3.71.